The van der Waals surface area contributed by atoms with Gasteiger partial charge in [0.15, 0.2) is 80.9 Å². The Morgan fingerprint density at radius 2 is 0.341 bits per heavy atom. The largest absolute Gasteiger partial charge is 0.450 e. The minimum Gasteiger partial charge on any atom is -0.450 e. The van der Waals surface area contributed by atoms with E-state index in [0.717, 1.165) is 100 Å². The molecule has 20 aromatic rings. The van der Waals surface area contributed by atoms with Gasteiger partial charge in [0.05, 0.1) is 10.8 Å². The van der Waals surface area contributed by atoms with Gasteiger partial charge in [0, 0.05) is 33.4 Å². The molecule has 0 fully saturated rings. The number of rotatable bonds is 14. The maximum Gasteiger partial charge on any atom is 0.170 e. The van der Waals surface area contributed by atoms with Crippen LogP contribution >= 0.6 is 0 Å². The molecule has 10 heteroatoms. The SMILES string of the molecule is c1ccc(-c2ccc(-c3nc(-c4ccccc4)nc(-c4cccc(-c5ccc(C6(c7ccc8c(c7)Oc7ccccc7O8)c7ccccc7-c7ccccc76)cc5)c4)n3)cc2)cc1.c1ccc(-c2cccc(-c3nc(-c4ccccc4)nc(-c4cccc(-c5ccc(C6(c7ccc8c(c7)Oc7ccccc7O8)c7ccccc7-c7ccccc76)cc5)c4)n3)c2)cc1. The molecular formula is C116H74N6O4. The van der Waals surface area contributed by atoms with Gasteiger partial charge in [-0.2, -0.15) is 0 Å². The fraction of sp³-hybridized carbons (Fsp3) is 0.0172. The molecule has 0 unspecified atom stereocenters. The molecule has 2 aliphatic heterocycles. The summed E-state index contributed by atoms with van der Waals surface area (Å²) in [6.07, 6.45) is 0. The monoisotopic (exact) mass is 1610 g/mol. The van der Waals surface area contributed by atoms with Gasteiger partial charge < -0.3 is 18.9 Å². The van der Waals surface area contributed by atoms with Crippen molar-refractivity contribution in [1.29, 1.82) is 0 Å². The fourth-order valence-electron chi connectivity index (χ4n) is 18.7. The van der Waals surface area contributed by atoms with Crippen LogP contribution in [-0.4, -0.2) is 29.9 Å². The van der Waals surface area contributed by atoms with Gasteiger partial charge >= 0.3 is 0 Å². The highest BCUT2D eigenvalue weighted by molar-refractivity contribution is 5.90. The number of para-hydroxylation sites is 4. The van der Waals surface area contributed by atoms with Crippen LogP contribution in [0.4, 0.5) is 0 Å². The Labute approximate surface area is 729 Å². The van der Waals surface area contributed by atoms with Gasteiger partial charge in [-0.05, 0) is 178 Å². The Kier molecular flexibility index (Phi) is 18.5. The van der Waals surface area contributed by atoms with Gasteiger partial charge in [0.25, 0.3) is 0 Å². The van der Waals surface area contributed by atoms with E-state index in [9.17, 15) is 0 Å². The van der Waals surface area contributed by atoms with Crippen LogP contribution in [0.1, 0.15) is 44.5 Å². The normalized spacial score (nSPS) is 12.8. The highest BCUT2D eigenvalue weighted by atomic mass is 16.6. The summed E-state index contributed by atoms with van der Waals surface area (Å²) in [5.74, 6) is 9.35. The highest BCUT2D eigenvalue weighted by Crippen LogP contribution is 2.61. The lowest BCUT2D eigenvalue weighted by atomic mass is 9.67. The molecule has 0 saturated carbocycles. The fourth-order valence-corrected chi connectivity index (χ4v) is 18.7. The molecule has 126 heavy (non-hydrogen) atoms. The van der Waals surface area contributed by atoms with Crippen molar-refractivity contribution in [2.75, 3.05) is 0 Å². The standard InChI is InChI=1S/2C58H37N3O2/c1-3-15-38(16-4-1)41-19-13-21-43(35-41)56-59-55(40-17-5-2-6-18-40)60-57(61-56)44-22-14-20-42(36-44)39-29-31-45(32-30-39)58(49-25-9-7-23-47(49)48-24-8-10-26-50(48)58)46-33-34-53-54(37-46)63-52-28-12-11-27-51(52)62-53;1-3-14-38(15-4-1)39-26-28-42(29-27-39)56-59-55(41-16-5-2-6-17-41)60-57(61-56)44-19-13-18-43(36-44)40-30-32-45(33-31-40)58(49-22-9-7-20-47(49)48-21-8-10-23-50(48)58)46-34-35-53-54(37-46)63-52-25-12-11-24-51(52)62-53/h2*1-37H. The molecule has 4 aliphatic rings. The van der Waals surface area contributed by atoms with E-state index in [1.165, 1.54) is 44.5 Å². The molecule has 0 N–H and O–H groups in total. The summed E-state index contributed by atoms with van der Waals surface area (Å²) >= 11 is 0. The van der Waals surface area contributed by atoms with Gasteiger partial charge in [-0.25, -0.2) is 29.9 Å². The number of ether oxygens (including phenoxy) is 4. The molecule has 0 spiro atoms. The average molecular weight is 1620 g/mol. The van der Waals surface area contributed by atoms with E-state index in [-0.39, 0.29) is 0 Å². The van der Waals surface area contributed by atoms with Gasteiger partial charge in [-0.15, -0.1) is 0 Å². The second-order valence-electron chi connectivity index (χ2n) is 31.9. The van der Waals surface area contributed by atoms with E-state index in [1.807, 2.05) is 133 Å². The molecule has 10 nitrogen and oxygen atoms in total. The minimum atomic E-state index is -0.615. The molecule has 24 rings (SSSR count). The van der Waals surface area contributed by atoms with Gasteiger partial charge in [-0.1, -0.05) is 382 Å². The Morgan fingerprint density at radius 3 is 0.675 bits per heavy atom. The van der Waals surface area contributed by atoms with E-state index in [4.69, 9.17) is 48.9 Å². The van der Waals surface area contributed by atoms with Crippen LogP contribution in [0.3, 0.4) is 0 Å². The van der Waals surface area contributed by atoms with Crippen LogP contribution in [0.15, 0.2) is 449 Å². The second kappa shape index (κ2) is 31.3. The molecule has 2 aliphatic carbocycles. The lowest BCUT2D eigenvalue weighted by molar-refractivity contribution is 0.359. The van der Waals surface area contributed by atoms with Crippen molar-refractivity contribution in [2.24, 2.45) is 0 Å². The summed E-state index contributed by atoms with van der Waals surface area (Å²) in [6.45, 7) is 0. The summed E-state index contributed by atoms with van der Waals surface area (Å²) in [7, 11) is 0. The second-order valence-corrected chi connectivity index (χ2v) is 31.9. The number of aromatic nitrogens is 6. The average Bonchev–Trinajstić information content (AvgIpc) is 1.54. The summed E-state index contributed by atoms with van der Waals surface area (Å²) in [5, 5.41) is 0. The van der Waals surface area contributed by atoms with Gasteiger partial charge in [0.2, 0.25) is 0 Å². The maximum absolute atomic E-state index is 6.51. The summed E-state index contributed by atoms with van der Waals surface area (Å²) in [5.41, 5.74) is 27.5. The summed E-state index contributed by atoms with van der Waals surface area (Å²) in [4.78, 5) is 30.3. The molecule has 592 valence electrons. The van der Waals surface area contributed by atoms with Crippen molar-refractivity contribution in [3.8, 4) is 181 Å². The van der Waals surface area contributed by atoms with Crippen molar-refractivity contribution in [3.05, 3.63) is 493 Å². The zero-order chi connectivity index (χ0) is 83.5. The first-order chi connectivity index (χ1) is 62.4. The van der Waals surface area contributed by atoms with Crippen molar-refractivity contribution < 1.29 is 18.9 Å². The topological polar surface area (TPSA) is 114 Å². The third kappa shape index (κ3) is 13.1. The summed E-state index contributed by atoms with van der Waals surface area (Å²) in [6, 6.07) is 156. The van der Waals surface area contributed by atoms with Crippen LogP contribution < -0.4 is 18.9 Å². The van der Waals surface area contributed by atoms with E-state index < -0.39 is 10.8 Å². The molecule has 4 heterocycles. The molecule has 0 saturated heterocycles. The molecular weight excluding hydrogens is 1540 g/mol. The van der Waals surface area contributed by atoms with Crippen molar-refractivity contribution in [3.63, 3.8) is 0 Å². The highest BCUT2D eigenvalue weighted by Gasteiger charge is 2.48. The maximum atomic E-state index is 6.51. The number of hydrogen-bond acceptors (Lipinski definition) is 10. The number of fused-ring (bicyclic) bond motifs is 10. The third-order valence-electron chi connectivity index (χ3n) is 24.6. The van der Waals surface area contributed by atoms with E-state index >= 15 is 0 Å². The Balaban J connectivity index is 0.000000145. The zero-order valence-electron chi connectivity index (χ0n) is 68.0. The quantitative estimate of drug-likeness (QED) is 0.104. The lowest BCUT2D eigenvalue weighted by Gasteiger charge is -2.34. The first-order valence-corrected chi connectivity index (χ1v) is 42.3. The van der Waals surface area contributed by atoms with Crippen LogP contribution in [0.2, 0.25) is 0 Å². The third-order valence-corrected chi connectivity index (χ3v) is 24.6. The Morgan fingerprint density at radius 1 is 0.135 bits per heavy atom. The molecule has 18 aromatic carbocycles. The summed E-state index contributed by atoms with van der Waals surface area (Å²) < 4.78 is 25.7. The number of nitrogens with zero attached hydrogens (tertiary/aromatic N) is 6. The van der Waals surface area contributed by atoms with Crippen LogP contribution in [0.5, 0.6) is 46.0 Å². The smallest absolute Gasteiger partial charge is 0.170 e. The van der Waals surface area contributed by atoms with Crippen molar-refractivity contribution in [2.45, 2.75) is 10.8 Å². The van der Waals surface area contributed by atoms with E-state index in [1.54, 1.807) is 0 Å². The molecule has 2 aromatic heterocycles. The predicted octanol–water partition coefficient (Wildman–Crippen LogP) is 28.9. The first kappa shape index (κ1) is 74.3. The van der Waals surface area contributed by atoms with Crippen LogP contribution in [0, 0.1) is 0 Å². The predicted molar refractivity (Wildman–Crippen MR) is 502 cm³/mol. The van der Waals surface area contributed by atoms with Crippen molar-refractivity contribution in [1.82, 2.24) is 29.9 Å². The van der Waals surface area contributed by atoms with Crippen LogP contribution in [0.25, 0.3) is 135 Å². The number of hydrogen-bond donors (Lipinski definition) is 0. The Bertz CT molecular complexity index is 7490. The van der Waals surface area contributed by atoms with Gasteiger partial charge in [-0.3, -0.25) is 0 Å². The Hall–Kier alpha value is -16.8. The van der Waals surface area contributed by atoms with Crippen molar-refractivity contribution >= 4 is 0 Å². The molecule has 0 bridgehead atoms. The molecule has 0 atom stereocenters. The van der Waals surface area contributed by atoms with E-state index in [2.05, 4.69) is 315 Å². The minimum absolute atomic E-state index is 0.613. The molecule has 0 radical (unpaired) electrons. The lowest BCUT2D eigenvalue weighted by Crippen LogP contribution is -2.28. The number of benzene rings is 18. The molecule has 0 amide bonds. The zero-order valence-corrected chi connectivity index (χ0v) is 68.0. The van der Waals surface area contributed by atoms with Crippen LogP contribution in [-0.2, 0) is 10.8 Å². The van der Waals surface area contributed by atoms with E-state index in [0.29, 0.717) is 80.9 Å². The first-order valence-electron chi connectivity index (χ1n) is 42.3. The van der Waals surface area contributed by atoms with Gasteiger partial charge in [0.1, 0.15) is 0 Å².